The fourth-order valence-electron chi connectivity index (χ4n) is 2.44. The van der Waals surface area contributed by atoms with Crippen LogP contribution in [-0.4, -0.2) is 25.7 Å². The van der Waals surface area contributed by atoms with Crippen LogP contribution in [0.2, 0.25) is 0 Å². The highest BCUT2D eigenvalue weighted by atomic mass is 15.0. The summed E-state index contributed by atoms with van der Waals surface area (Å²) in [5.41, 5.74) is 3.99. The standard InChI is InChI=1S/C15H25N3/c1-3-8-16-13-10-12-6-5-7-14(17-9-4-2)15(12)18-11-13/h5-7,13,16-18H,3-4,8-11H2,1-2H3. The highest BCUT2D eigenvalue weighted by Crippen LogP contribution is 2.30. The molecular formula is C15H25N3. The monoisotopic (exact) mass is 247 g/mol. The van der Waals surface area contributed by atoms with Crippen LogP contribution in [-0.2, 0) is 6.42 Å². The number of hydrogen-bond donors (Lipinski definition) is 3. The van der Waals surface area contributed by atoms with Crippen LogP contribution >= 0.6 is 0 Å². The van der Waals surface area contributed by atoms with Crippen LogP contribution in [0.25, 0.3) is 0 Å². The Morgan fingerprint density at radius 1 is 1.22 bits per heavy atom. The molecule has 0 aromatic heterocycles. The predicted octanol–water partition coefficient (Wildman–Crippen LogP) is 2.84. The van der Waals surface area contributed by atoms with E-state index in [-0.39, 0.29) is 0 Å². The first-order chi connectivity index (χ1) is 8.85. The van der Waals surface area contributed by atoms with Crippen LogP contribution in [0.15, 0.2) is 18.2 Å². The molecule has 1 atom stereocenters. The summed E-state index contributed by atoms with van der Waals surface area (Å²) in [4.78, 5) is 0. The molecule has 1 aromatic rings. The molecule has 0 radical (unpaired) electrons. The van der Waals surface area contributed by atoms with Gasteiger partial charge in [0.15, 0.2) is 0 Å². The Balaban J connectivity index is 2.04. The zero-order valence-corrected chi connectivity index (χ0v) is 11.6. The van der Waals surface area contributed by atoms with Crippen molar-refractivity contribution in [1.82, 2.24) is 5.32 Å². The zero-order chi connectivity index (χ0) is 12.8. The third-order valence-corrected chi connectivity index (χ3v) is 3.39. The normalized spacial score (nSPS) is 18.0. The highest BCUT2D eigenvalue weighted by molar-refractivity contribution is 5.73. The summed E-state index contributed by atoms with van der Waals surface area (Å²) in [7, 11) is 0. The molecule has 100 valence electrons. The number of fused-ring (bicyclic) bond motifs is 1. The second-order valence-corrected chi connectivity index (χ2v) is 5.00. The number of nitrogens with one attached hydrogen (secondary N) is 3. The number of rotatable bonds is 6. The maximum Gasteiger partial charge on any atom is 0.0609 e. The van der Waals surface area contributed by atoms with Crippen molar-refractivity contribution < 1.29 is 0 Å². The quantitative estimate of drug-likeness (QED) is 0.723. The largest absolute Gasteiger partial charge is 0.383 e. The fraction of sp³-hybridized carbons (Fsp3) is 0.600. The number of hydrogen-bond acceptors (Lipinski definition) is 3. The van der Waals surface area contributed by atoms with Gasteiger partial charge in [-0.2, -0.15) is 0 Å². The Labute approximate surface area is 110 Å². The Bertz CT molecular complexity index is 376. The molecule has 1 unspecified atom stereocenters. The van der Waals surface area contributed by atoms with Crippen molar-refractivity contribution in [3.63, 3.8) is 0 Å². The molecule has 1 aliphatic rings. The van der Waals surface area contributed by atoms with Gasteiger partial charge in [0.1, 0.15) is 0 Å². The molecule has 0 fully saturated rings. The number of benzene rings is 1. The van der Waals surface area contributed by atoms with E-state index in [0.29, 0.717) is 6.04 Å². The molecular weight excluding hydrogens is 222 g/mol. The average molecular weight is 247 g/mol. The van der Waals surface area contributed by atoms with E-state index >= 15 is 0 Å². The van der Waals surface area contributed by atoms with Gasteiger partial charge in [0.25, 0.3) is 0 Å². The van der Waals surface area contributed by atoms with Gasteiger partial charge in [-0.3, -0.25) is 0 Å². The van der Waals surface area contributed by atoms with Crippen LogP contribution in [0.3, 0.4) is 0 Å². The molecule has 3 heteroatoms. The second kappa shape index (κ2) is 6.64. The minimum absolute atomic E-state index is 0.568. The molecule has 1 aromatic carbocycles. The molecule has 0 bridgehead atoms. The Morgan fingerprint density at radius 2 is 2.06 bits per heavy atom. The van der Waals surface area contributed by atoms with E-state index in [4.69, 9.17) is 0 Å². The van der Waals surface area contributed by atoms with Gasteiger partial charge in [0, 0.05) is 19.1 Å². The van der Waals surface area contributed by atoms with Crippen molar-refractivity contribution >= 4 is 11.4 Å². The van der Waals surface area contributed by atoms with Gasteiger partial charge in [0.05, 0.1) is 11.4 Å². The van der Waals surface area contributed by atoms with E-state index in [1.807, 2.05) is 0 Å². The summed E-state index contributed by atoms with van der Waals surface area (Å²) < 4.78 is 0. The summed E-state index contributed by atoms with van der Waals surface area (Å²) in [6, 6.07) is 7.13. The van der Waals surface area contributed by atoms with E-state index in [1.165, 1.54) is 23.4 Å². The smallest absolute Gasteiger partial charge is 0.0609 e. The lowest BCUT2D eigenvalue weighted by molar-refractivity contribution is 0.517. The topological polar surface area (TPSA) is 36.1 Å². The third-order valence-electron chi connectivity index (χ3n) is 3.39. The van der Waals surface area contributed by atoms with Gasteiger partial charge in [-0.1, -0.05) is 26.0 Å². The molecule has 1 aliphatic heterocycles. The lowest BCUT2D eigenvalue weighted by atomic mass is 9.98. The number of anilines is 2. The first-order valence-electron chi connectivity index (χ1n) is 7.18. The van der Waals surface area contributed by atoms with Crippen LogP contribution in [0, 0.1) is 0 Å². The summed E-state index contributed by atoms with van der Waals surface area (Å²) in [6.07, 6.45) is 3.48. The van der Waals surface area contributed by atoms with E-state index in [2.05, 4.69) is 48.0 Å². The van der Waals surface area contributed by atoms with Gasteiger partial charge in [-0.15, -0.1) is 0 Å². The molecule has 1 heterocycles. The Kier molecular flexibility index (Phi) is 4.88. The fourth-order valence-corrected chi connectivity index (χ4v) is 2.44. The Morgan fingerprint density at radius 3 is 2.83 bits per heavy atom. The maximum atomic E-state index is 3.59. The molecule has 0 aliphatic carbocycles. The van der Waals surface area contributed by atoms with Crippen LogP contribution in [0.4, 0.5) is 11.4 Å². The second-order valence-electron chi connectivity index (χ2n) is 5.00. The van der Waals surface area contributed by atoms with Gasteiger partial charge < -0.3 is 16.0 Å². The van der Waals surface area contributed by atoms with Crippen molar-refractivity contribution in [2.24, 2.45) is 0 Å². The van der Waals surface area contributed by atoms with Crippen molar-refractivity contribution in [2.75, 3.05) is 30.3 Å². The zero-order valence-electron chi connectivity index (χ0n) is 11.6. The van der Waals surface area contributed by atoms with Crippen molar-refractivity contribution in [3.8, 4) is 0 Å². The Hall–Kier alpha value is -1.22. The molecule has 0 saturated heterocycles. The van der Waals surface area contributed by atoms with Gasteiger partial charge in [0.2, 0.25) is 0 Å². The summed E-state index contributed by atoms with van der Waals surface area (Å²) >= 11 is 0. The lowest BCUT2D eigenvalue weighted by Crippen LogP contribution is -2.40. The number of para-hydroxylation sites is 1. The highest BCUT2D eigenvalue weighted by Gasteiger charge is 2.19. The molecule has 0 saturated carbocycles. The van der Waals surface area contributed by atoms with E-state index < -0.39 is 0 Å². The molecule has 2 rings (SSSR count). The van der Waals surface area contributed by atoms with E-state index in [0.717, 1.165) is 32.5 Å². The summed E-state index contributed by atoms with van der Waals surface area (Å²) in [6.45, 7) is 7.58. The van der Waals surface area contributed by atoms with Crippen molar-refractivity contribution in [3.05, 3.63) is 23.8 Å². The summed E-state index contributed by atoms with van der Waals surface area (Å²) in [5, 5.41) is 10.7. The predicted molar refractivity (Wildman–Crippen MR) is 79.5 cm³/mol. The molecule has 3 nitrogen and oxygen atoms in total. The third kappa shape index (κ3) is 3.16. The summed E-state index contributed by atoms with van der Waals surface area (Å²) in [5.74, 6) is 0. The van der Waals surface area contributed by atoms with Crippen LogP contribution in [0.5, 0.6) is 0 Å². The maximum absolute atomic E-state index is 3.59. The van der Waals surface area contributed by atoms with E-state index in [1.54, 1.807) is 0 Å². The minimum Gasteiger partial charge on any atom is -0.383 e. The van der Waals surface area contributed by atoms with E-state index in [9.17, 15) is 0 Å². The van der Waals surface area contributed by atoms with Gasteiger partial charge >= 0.3 is 0 Å². The first-order valence-corrected chi connectivity index (χ1v) is 7.18. The van der Waals surface area contributed by atoms with Gasteiger partial charge in [-0.05, 0) is 37.4 Å². The SMILES string of the molecule is CCCNc1cccc2c1NCC(NCCC)C2. The van der Waals surface area contributed by atoms with Crippen molar-refractivity contribution in [1.29, 1.82) is 0 Å². The first kappa shape index (κ1) is 13.2. The van der Waals surface area contributed by atoms with Gasteiger partial charge in [-0.25, -0.2) is 0 Å². The molecule has 3 N–H and O–H groups in total. The van der Waals surface area contributed by atoms with Crippen LogP contribution in [0.1, 0.15) is 32.3 Å². The average Bonchev–Trinajstić information content (AvgIpc) is 2.42. The van der Waals surface area contributed by atoms with Crippen molar-refractivity contribution in [2.45, 2.75) is 39.2 Å². The lowest BCUT2D eigenvalue weighted by Gasteiger charge is -2.29. The minimum atomic E-state index is 0.568. The molecule has 18 heavy (non-hydrogen) atoms. The molecule has 0 spiro atoms. The van der Waals surface area contributed by atoms with Crippen LogP contribution < -0.4 is 16.0 Å². The molecule has 0 amide bonds.